The summed E-state index contributed by atoms with van der Waals surface area (Å²) in [6, 6.07) is 11.2. The van der Waals surface area contributed by atoms with Crippen molar-refractivity contribution in [2.75, 3.05) is 14.2 Å². The van der Waals surface area contributed by atoms with Crippen LogP contribution < -0.4 is 15.2 Å². The van der Waals surface area contributed by atoms with Crippen molar-refractivity contribution in [2.45, 2.75) is 12.3 Å². The summed E-state index contributed by atoms with van der Waals surface area (Å²) < 4.78 is 10.4. The van der Waals surface area contributed by atoms with Crippen LogP contribution in [0, 0.1) is 0 Å². The SMILES string of the molecule is COc1ccc(C(CC(N)=O)c2cccnc2OC)cc1. The van der Waals surface area contributed by atoms with E-state index < -0.39 is 0 Å². The molecule has 1 amide bonds. The molecular weight excluding hydrogens is 268 g/mol. The second-order valence-electron chi connectivity index (χ2n) is 4.60. The van der Waals surface area contributed by atoms with Gasteiger partial charge in [0.15, 0.2) is 0 Å². The zero-order valence-electron chi connectivity index (χ0n) is 12.1. The predicted octanol–water partition coefficient (Wildman–Crippen LogP) is 2.11. The number of carbonyl (C=O) groups excluding carboxylic acids is 1. The van der Waals surface area contributed by atoms with Gasteiger partial charge in [-0.2, -0.15) is 0 Å². The monoisotopic (exact) mass is 286 g/mol. The van der Waals surface area contributed by atoms with E-state index >= 15 is 0 Å². The van der Waals surface area contributed by atoms with Gasteiger partial charge in [0.05, 0.1) is 14.2 Å². The van der Waals surface area contributed by atoms with E-state index in [4.69, 9.17) is 15.2 Å². The smallest absolute Gasteiger partial charge is 0.218 e. The first kappa shape index (κ1) is 14.8. The summed E-state index contributed by atoms with van der Waals surface area (Å²) in [5.74, 6) is 0.688. The van der Waals surface area contributed by atoms with Crippen LogP contribution in [-0.2, 0) is 4.79 Å². The van der Waals surface area contributed by atoms with Crippen LogP contribution in [0.1, 0.15) is 23.5 Å². The average Bonchev–Trinajstić information content (AvgIpc) is 2.52. The Labute approximate surface area is 123 Å². The molecule has 5 heteroatoms. The molecule has 2 aromatic rings. The van der Waals surface area contributed by atoms with E-state index in [1.807, 2.05) is 36.4 Å². The Hall–Kier alpha value is -2.56. The highest BCUT2D eigenvalue weighted by Gasteiger charge is 2.21. The fourth-order valence-corrected chi connectivity index (χ4v) is 2.28. The van der Waals surface area contributed by atoms with Crippen molar-refractivity contribution in [2.24, 2.45) is 5.73 Å². The lowest BCUT2D eigenvalue weighted by atomic mass is 9.89. The molecule has 1 unspecified atom stereocenters. The van der Waals surface area contributed by atoms with Crippen molar-refractivity contribution in [3.8, 4) is 11.6 Å². The lowest BCUT2D eigenvalue weighted by Crippen LogP contribution is -2.17. The number of benzene rings is 1. The highest BCUT2D eigenvalue weighted by atomic mass is 16.5. The van der Waals surface area contributed by atoms with Crippen LogP contribution >= 0.6 is 0 Å². The number of pyridine rings is 1. The molecule has 1 atom stereocenters. The molecule has 0 aliphatic carbocycles. The van der Waals surface area contributed by atoms with E-state index in [-0.39, 0.29) is 18.2 Å². The molecule has 2 rings (SSSR count). The van der Waals surface area contributed by atoms with Crippen LogP contribution in [0.25, 0.3) is 0 Å². The van der Waals surface area contributed by atoms with Gasteiger partial charge < -0.3 is 15.2 Å². The second-order valence-corrected chi connectivity index (χ2v) is 4.60. The normalized spacial score (nSPS) is 11.7. The molecule has 1 aromatic carbocycles. The summed E-state index contributed by atoms with van der Waals surface area (Å²) in [4.78, 5) is 15.6. The maximum atomic E-state index is 11.4. The molecule has 0 saturated heterocycles. The molecule has 0 saturated carbocycles. The topological polar surface area (TPSA) is 74.4 Å². The number of hydrogen-bond acceptors (Lipinski definition) is 4. The number of carbonyl (C=O) groups is 1. The largest absolute Gasteiger partial charge is 0.497 e. The molecular formula is C16H18N2O3. The van der Waals surface area contributed by atoms with Crippen LogP contribution in [0.2, 0.25) is 0 Å². The van der Waals surface area contributed by atoms with E-state index in [2.05, 4.69) is 4.98 Å². The Morgan fingerprint density at radius 1 is 1.19 bits per heavy atom. The molecule has 2 N–H and O–H groups in total. The number of amides is 1. The average molecular weight is 286 g/mol. The predicted molar refractivity (Wildman–Crippen MR) is 79.4 cm³/mol. The first-order chi connectivity index (χ1) is 10.2. The standard InChI is InChI=1S/C16H18N2O3/c1-20-12-7-5-11(6-8-12)14(10-15(17)19)13-4-3-9-18-16(13)21-2/h3-9,14H,10H2,1-2H3,(H2,17,19). The van der Waals surface area contributed by atoms with Crippen molar-refractivity contribution >= 4 is 5.91 Å². The van der Waals surface area contributed by atoms with Gasteiger partial charge in [-0.05, 0) is 23.8 Å². The zero-order chi connectivity index (χ0) is 15.2. The summed E-state index contributed by atoms with van der Waals surface area (Å²) >= 11 is 0. The number of primary amides is 1. The zero-order valence-corrected chi connectivity index (χ0v) is 12.1. The first-order valence-electron chi connectivity index (χ1n) is 6.57. The fourth-order valence-electron chi connectivity index (χ4n) is 2.28. The Morgan fingerprint density at radius 2 is 1.90 bits per heavy atom. The van der Waals surface area contributed by atoms with Crippen LogP contribution in [0.3, 0.4) is 0 Å². The third kappa shape index (κ3) is 3.51. The summed E-state index contributed by atoms with van der Waals surface area (Å²) in [6.45, 7) is 0. The quantitative estimate of drug-likeness (QED) is 0.882. The van der Waals surface area contributed by atoms with Gasteiger partial charge in [0.1, 0.15) is 5.75 Å². The van der Waals surface area contributed by atoms with Crippen LogP contribution in [0.15, 0.2) is 42.6 Å². The molecule has 0 fully saturated rings. The number of nitrogens with two attached hydrogens (primary N) is 1. The Kier molecular flexibility index (Phi) is 4.77. The third-order valence-electron chi connectivity index (χ3n) is 3.29. The minimum absolute atomic E-state index is 0.189. The van der Waals surface area contributed by atoms with E-state index in [9.17, 15) is 4.79 Å². The molecule has 1 aromatic heterocycles. The first-order valence-corrected chi connectivity index (χ1v) is 6.57. The van der Waals surface area contributed by atoms with Crippen LogP contribution in [0.5, 0.6) is 11.6 Å². The van der Waals surface area contributed by atoms with E-state index in [1.165, 1.54) is 0 Å². The third-order valence-corrected chi connectivity index (χ3v) is 3.29. The highest BCUT2D eigenvalue weighted by Crippen LogP contribution is 2.33. The molecule has 0 aliphatic heterocycles. The van der Waals surface area contributed by atoms with Gasteiger partial charge in [-0.25, -0.2) is 4.98 Å². The number of ether oxygens (including phenoxy) is 2. The lowest BCUT2D eigenvalue weighted by molar-refractivity contribution is -0.118. The number of nitrogens with zero attached hydrogens (tertiary/aromatic N) is 1. The van der Waals surface area contributed by atoms with Gasteiger partial charge in [-0.15, -0.1) is 0 Å². The van der Waals surface area contributed by atoms with Crippen LogP contribution in [-0.4, -0.2) is 25.1 Å². The van der Waals surface area contributed by atoms with E-state index in [0.29, 0.717) is 5.88 Å². The second kappa shape index (κ2) is 6.74. The van der Waals surface area contributed by atoms with Gasteiger partial charge in [-0.1, -0.05) is 18.2 Å². The number of rotatable bonds is 6. The number of methoxy groups -OCH3 is 2. The minimum Gasteiger partial charge on any atom is -0.497 e. The molecule has 0 spiro atoms. The van der Waals surface area contributed by atoms with Crippen LogP contribution in [0.4, 0.5) is 0 Å². The Balaban J connectivity index is 2.44. The van der Waals surface area contributed by atoms with Crippen molar-refractivity contribution < 1.29 is 14.3 Å². The summed E-state index contributed by atoms with van der Waals surface area (Å²) in [7, 11) is 3.17. The fraction of sp³-hybridized carbons (Fsp3) is 0.250. The molecule has 21 heavy (non-hydrogen) atoms. The number of aromatic nitrogens is 1. The van der Waals surface area contributed by atoms with Gasteiger partial charge in [0.2, 0.25) is 11.8 Å². The molecule has 1 heterocycles. The highest BCUT2D eigenvalue weighted by molar-refractivity contribution is 5.75. The Bertz CT molecular complexity index is 611. The van der Waals surface area contributed by atoms with Crippen molar-refractivity contribution in [3.05, 3.63) is 53.7 Å². The van der Waals surface area contributed by atoms with Crippen molar-refractivity contribution in [1.29, 1.82) is 0 Å². The number of hydrogen-bond donors (Lipinski definition) is 1. The Morgan fingerprint density at radius 3 is 2.48 bits per heavy atom. The molecule has 110 valence electrons. The summed E-state index contributed by atoms with van der Waals surface area (Å²) in [6.07, 6.45) is 1.84. The van der Waals surface area contributed by atoms with Gasteiger partial charge in [0, 0.05) is 24.1 Å². The molecule has 0 radical (unpaired) electrons. The van der Waals surface area contributed by atoms with Gasteiger partial charge in [0.25, 0.3) is 0 Å². The van der Waals surface area contributed by atoms with Gasteiger partial charge >= 0.3 is 0 Å². The summed E-state index contributed by atoms with van der Waals surface area (Å²) in [5.41, 5.74) is 7.19. The summed E-state index contributed by atoms with van der Waals surface area (Å²) in [5, 5.41) is 0. The molecule has 0 bridgehead atoms. The van der Waals surface area contributed by atoms with Crippen molar-refractivity contribution in [3.63, 3.8) is 0 Å². The lowest BCUT2D eigenvalue weighted by Gasteiger charge is -2.18. The van der Waals surface area contributed by atoms with Crippen molar-refractivity contribution in [1.82, 2.24) is 4.98 Å². The minimum atomic E-state index is -0.373. The maximum Gasteiger partial charge on any atom is 0.218 e. The van der Waals surface area contributed by atoms with E-state index in [0.717, 1.165) is 16.9 Å². The maximum absolute atomic E-state index is 11.4. The van der Waals surface area contributed by atoms with Gasteiger partial charge in [-0.3, -0.25) is 4.79 Å². The van der Waals surface area contributed by atoms with E-state index in [1.54, 1.807) is 20.4 Å². The molecule has 0 aliphatic rings. The molecule has 5 nitrogen and oxygen atoms in total.